The second-order valence-electron chi connectivity index (χ2n) is 6.41. The van der Waals surface area contributed by atoms with E-state index in [1.807, 2.05) is 16.8 Å². The Kier molecular flexibility index (Phi) is 7.08. The molecule has 1 fully saturated rings. The first-order valence-corrected chi connectivity index (χ1v) is 8.80. The van der Waals surface area contributed by atoms with Gasteiger partial charge in [-0.15, -0.1) is 0 Å². The molecule has 1 saturated heterocycles. The van der Waals surface area contributed by atoms with Gasteiger partial charge in [0.2, 0.25) is 5.91 Å². The van der Waals surface area contributed by atoms with E-state index in [0.717, 1.165) is 24.8 Å². The fraction of sp³-hybridized carbons (Fsp3) is 0.556. The van der Waals surface area contributed by atoms with Crippen LogP contribution in [0.15, 0.2) is 18.2 Å². The van der Waals surface area contributed by atoms with Crippen LogP contribution in [0.5, 0.6) is 5.75 Å². The number of likely N-dealkylation sites (N-methyl/N-ethyl adjacent to an activating group) is 1. The molecule has 1 aliphatic rings. The van der Waals surface area contributed by atoms with E-state index in [1.54, 1.807) is 25.3 Å². The highest BCUT2D eigenvalue weighted by molar-refractivity contribution is 6.30. The summed E-state index contributed by atoms with van der Waals surface area (Å²) in [7, 11) is 3.40. The lowest BCUT2D eigenvalue weighted by atomic mass is 10.1. The van der Waals surface area contributed by atoms with Gasteiger partial charge in [0.1, 0.15) is 5.75 Å². The maximum Gasteiger partial charge on any atom is 0.317 e. The fourth-order valence-corrected chi connectivity index (χ4v) is 3.47. The number of hydrogen-bond acceptors (Lipinski definition) is 4. The van der Waals surface area contributed by atoms with Gasteiger partial charge in [-0.1, -0.05) is 11.6 Å². The third-order valence-corrected chi connectivity index (χ3v) is 4.88. The van der Waals surface area contributed by atoms with Gasteiger partial charge in [0, 0.05) is 29.7 Å². The fourth-order valence-electron chi connectivity index (χ4n) is 3.27. The number of halogens is 1. The zero-order chi connectivity index (χ0) is 18.4. The predicted octanol–water partition coefficient (Wildman–Crippen LogP) is 2.29. The van der Waals surface area contributed by atoms with Crippen molar-refractivity contribution < 1.29 is 19.4 Å². The predicted molar refractivity (Wildman–Crippen MR) is 96.2 cm³/mol. The van der Waals surface area contributed by atoms with Gasteiger partial charge in [-0.05, 0) is 44.5 Å². The molecule has 0 unspecified atom stereocenters. The Morgan fingerprint density at radius 1 is 1.36 bits per heavy atom. The van der Waals surface area contributed by atoms with Crippen LogP contribution in [0.2, 0.25) is 5.02 Å². The van der Waals surface area contributed by atoms with Gasteiger partial charge >= 0.3 is 5.97 Å². The van der Waals surface area contributed by atoms with Crippen LogP contribution in [0.25, 0.3) is 0 Å². The normalized spacial score (nSPS) is 18.1. The van der Waals surface area contributed by atoms with Crippen molar-refractivity contribution in [3.05, 3.63) is 28.8 Å². The molecule has 138 valence electrons. The quantitative estimate of drug-likeness (QED) is 0.834. The summed E-state index contributed by atoms with van der Waals surface area (Å²) in [6, 6.07) is 5.46. The van der Waals surface area contributed by atoms with E-state index in [4.69, 9.17) is 21.4 Å². The van der Waals surface area contributed by atoms with Crippen LogP contribution in [0.1, 0.15) is 24.8 Å². The van der Waals surface area contributed by atoms with E-state index in [9.17, 15) is 9.59 Å². The topological polar surface area (TPSA) is 70.1 Å². The molecular weight excluding hydrogens is 344 g/mol. The summed E-state index contributed by atoms with van der Waals surface area (Å²) in [4.78, 5) is 27.3. The first-order chi connectivity index (χ1) is 11.9. The largest absolute Gasteiger partial charge is 0.496 e. The van der Waals surface area contributed by atoms with E-state index in [2.05, 4.69) is 0 Å². The number of aliphatic carboxylic acids is 1. The number of amides is 1. The monoisotopic (exact) mass is 368 g/mol. The van der Waals surface area contributed by atoms with E-state index in [1.165, 1.54) is 0 Å². The van der Waals surface area contributed by atoms with Crippen LogP contribution in [0.3, 0.4) is 0 Å². The molecule has 1 aromatic carbocycles. The number of hydrogen-bond donors (Lipinski definition) is 1. The Morgan fingerprint density at radius 2 is 2.12 bits per heavy atom. The van der Waals surface area contributed by atoms with Crippen LogP contribution in [-0.4, -0.2) is 66.6 Å². The maximum absolute atomic E-state index is 12.7. The summed E-state index contributed by atoms with van der Waals surface area (Å²) in [5.74, 6) is -0.124. The lowest BCUT2D eigenvalue weighted by molar-refractivity contribution is -0.138. The molecule has 2 rings (SSSR count). The molecule has 0 bridgehead atoms. The van der Waals surface area contributed by atoms with E-state index < -0.39 is 5.97 Å². The number of carboxylic acids is 1. The van der Waals surface area contributed by atoms with E-state index >= 15 is 0 Å². The van der Waals surface area contributed by atoms with Crippen molar-refractivity contribution in [2.45, 2.75) is 31.7 Å². The standard InChI is InChI=1S/C18H25ClN2O4/c1-20(12-18(23)24)15-4-3-8-21(9-7-15)17(22)11-13-10-14(19)5-6-16(13)25-2/h5-6,10,15H,3-4,7-9,11-12H2,1-2H3,(H,23,24)/t15-/m0/s1. The van der Waals surface area contributed by atoms with Gasteiger partial charge in [0.15, 0.2) is 0 Å². The summed E-state index contributed by atoms with van der Waals surface area (Å²) in [5.41, 5.74) is 0.781. The lowest BCUT2D eigenvalue weighted by Crippen LogP contribution is -2.37. The second-order valence-corrected chi connectivity index (χ2v) is 6.84. The van der Waals surface area contributed by atoms with Gasteiger partial charge in [-0.3, -0.25) is 14.5 Å². The highest BCUT2D eigenvalue weighted by atomic mass is 35.5. The molecule has 1 atom stereocenters. The summed E-state index contributed by atoms with van der Waals surface area (Å²) in [6.07, 6.45) is 2.79. The highest BCUT2D eigenvalue weighted by Gasteiger charge is 2.24. The van der Waals surface area contributed by atoms with Crippen molar-refractivity contribution in [1.29, 1.82) is 0 Å². The van der Waals surface area contributed by atoms with Crippen LogP contribution in [0, 0.1) is 0 Å². The molecule has 0 radical (unpaired) electrons. The number of carbonyl (C=O) groups excluding carboxylic acids is 1. The summed E-state index contributed by atoms with van der Waals surface area (Å²) in [5, 5.41) is 9.51. The Hall–Kier alpha value is -1.79. The van der Waals surface area contributed by atoms with Crippen molar-refractivity contribution in [1.82, 2.24) is 9.80 Å². The van der Waals surface area contributed by atoms with Crippen molar-refractivity contribution in [3.63, 3.8) is 0 Å². The average molecular weight is 369 g/mol. The minimum Gasteiger partial charge on any atom is -0.496 e. The average Bonchev–Trinajstić information content (AvgIpc) is 2.80. The van der Waals surface area contributed by atoms with Gasteiger partial charge in [-0.25, -0.2) is 0 Å². The number of carbonyl (C=O) groups is 2. The molecule has 6 nitrogen and oxygen atoms in total. The smallest absolute Gasteiger partial charge is 0.317 e. The van der Waals surface area contributed by atoms with Gasteiger partial charge < -0.3 is 14.7 Å². The van der Waals surface area contributed by atoms with Gasteiger partial charge in [-0.2, -0.15) is 0 Å². The second kappa shape index (κ2) is 9.06. The molecular formula is C18H25ClN2O4. The third kappa shape index (κ3) is 5.61. The summed E-state index contributed by atoms with van der Waals surface area (Å²) in [6.45, 7) is 1.35. The van der Waals surface area contributed by atoms with Crippen LogP contribution >= 0.6 is 11.6 Å². The minimum absolute atomic E-state index is 0.0261. The zero-order valence-electron chi connectivity index (χ0n) is 14.7. The molecule has 0 saturated carbocycles. The van der Waals surface area contributed by atoms with Gasteiger partial charge in [0.05, 0.1) is 20.1 Å². The van der Waals surface area contributed by atoms with E-state index in [-0.39, 0.29) is 24.9 Å². The molecule has 1 amide bonds. The summed E-state index contributed by atoms with van der Waals surface area (Å²) < 4.78 is 5.31. The molecule has 0 aliphatic carbocycles. The Morgan fingerprint density at radius 3 is 2.80 bits per heavy atom. The molecule has 1 N–H and O–H groups in total. The van der Waals surface area contributed by atoms with Crippen LogP contribution < -0.4 is 4.74 Å². The lowest BCUT2D eigenvalue weighted by Gasteiger charge is -2.25. The van der Waals surface area contributed by atoms with Crippen LogP contribution in [0.4, 0.5) is 0 Å². The van der Waals surface area contributed by atoms with E-state index in [0.29, 0.717) is 23.9 Å². The number of methoxy groups -OCH3 is 1. The minimum atomic E-state index is -0.826. The third-order valence-electron chi connectivity index (χ3n) is 4.64. The Balaban J connectivity index is 1.97. The number of carboxylic acid groups (broad SMARTS) is 1. The van der Waals surface area contributed by atoms with Gasteiger partial charge in [0.25, 0.3) is 0 Å². The SMILES string of the molecule is COc1ccc(Cl)cc1CC(=O)N1CCC[C@H](N(C)CC(=O)O)CC1. The first kappa shape index (κ1) is 19.5. The number of nitrogens with zero attached hydrogens (tertiary/aromatic N) is 2. The molecule has 1 heterocycles. The summed E-state index contributed by atoms with van der Waals surface area (Å²) >= 11 is 6.03. The molecule has 0 spiro atoms. The van der Waals surface area contributed by atoms with Crippen LogP contribution in [-0.2, 0) is 16.0 Å². The highest BCUT2D eigenvalue weighted by Crippen LogP contribution is 2.24. The number of benzene rings is 1. The van der Waals surface area contributed by atoms with Crippen molar-refractivity contribution in [2.24, 2.45) is 0 Å². The molecule has 1 aliphatic heterocycles. The number of likely N-dealkylation sites (tertiary alicyclic amines) is 1. The molecule has 1 aromatic rings. The molecule has 25 heavy (non-hydrogen) atoms. The number of ether oxygens (including phenoxy) is 1. The van der Waals surface area contributed by atoms with Crippen molar-refractivity contribution in [2.75, 3.05) is 33.8 Å². The Labute approximate surface area is 153 Å². The molecule has 7 heteroatoms. The first-order valence-electron chi connectivity index (χ1n) is 8.43. The number of rotatable bonds is 6. The molecule has 0 aromatic heterocycles. The Bertz CT molecular complexity index is 623. The van der Waals surface area contributed by atoms with Crippen molar-refractivity contribution in [3.8, 4) is 5.75 Å². The zero-order valence-corrected chi connectivity index (χ0v) is 15.5. The maximum atomic E-state index is 12.7. The van der Waals surface area contributed by atoms with Crippen molar-refractivity contribution >= 4 is 23.5 Å².